The average molecular weight is 398 g/mol. The highest BCUT2D eigenvalue weighted by Crippen LogP contribution is 2.30. The number of rotatable bonds is 7. The zero-order valence-electron chi connectivity index (χ0n) is 16.0. The van der Waals surface area contributed by atoms with Gasteiger partial charge in [0.2, 0.25) is 10.0 Å². The summed E-state index contributed by atoms with van der Waals surface area (Å²) in [6, 6.07) is 16.6. The molecular weight excluding hydrogens is 376 g/mol. The van der Waals surface area contributed by atoms with Crippen LogP contribution in [0.25, 0.3) is 11.3 Å². The maximum Gasteiger partial charge on any atom is 0.231 e. The number of sulfonamides is 1. The maximum absolute atomic E-state index is 11.6. The van der Waals surface area contributed by atoms with E-state index in [2.05, 4.69) is 15.3 Å². The molecule has 0 saturated heterocycles. The maximum atomic E-state index is 11.6. The summed E-state index contributed by atoms with van der Waals surface area (Å²) in [5.74, 6) is 1.39. The Morgan fingerprint density at radius 1 is 1.07 bits per heavy atom. The third-order valence-corrected chi connectivity index (χ3v) is 5.34. The molecule has 146 valence electrons. The van der Waals surface area contributed by atoms with Crippen LogP contribution in [0.5, 0.6) is 5.75 Å². The van der Waals surface area contributed by atoms with Crippen molar-refractivity contribution in [2.75, 3.05) is 29.5 Å². The second-order valence-corrected chi connectivity index (χ2v) is 8.13. The zero-order chi connectivity index (χ0) is 20.1. The quantitative estimate of drug-likeness (QED) is 0.653. The Labute approximate surface area is 165 Å². The summed E-state index contributed by atoms with van der Waals surface area (Å²) in [5.41, 5.74) is 3.00. The van der Waals surface area contributed by atoms with Gasteiger partial charge in [-0.1, -0.05) is 12.1 Å². The van der Waals surface area contributed by atoms with E-state index < -0.39 is 10.0 Å². The molecule has 0 bridgehead atoms. The molecule has 7 nitrogen and oxygen atoms in total. The standard InChI is InChI=1S/C20H22N4O3S/c1-4-27-19-8-6-5-7-17(19)18-13-20(22-14-21-18)23-15-9-11-16(12-10-15)24(2)28(3,25)26/h5-14H,4H2,1-3H3,(H,21,22,23). The number of nitrogens with one attached hydrogen (secondary N) is 1. The summed E-state index contributed by atoms with van der Waals surface area (Å²) in [6.45, 7) is 2.51. The molecule has 0 unspecified atom stereocenters. The summed E-state index contributed by atoms with van der Waals surface area (Å²) in [4.78, 5) is 8.62. The van der Waals surface area contributed by atoms with Gasteiger partial charge in [0, 0.05) is 24.4 Å². The van der Waals surface area contributed by atoms with Gasteiger partial charge in [0.05, 0.1) is 24.2 Å². The molecule has 0 atom stereocenters. The van der Waals surface area contributed by atoms with Crippen LogP contribution in [0.3, 0.4) is 0 Å². The first-order valence-electron chi connectivity index (χ1n) is 8.73. The molecule has 0 radical (unpaired) electrons. The lowest BCUT2D eigenvalue weighted by Crippen LogP contribution is -2.24. The van der Waals surface area contributed by atoms with Crippen LogP contribution in [0.2, 0.25) is 0 Å². The Morgan fingerprint density at radius 3 is 2.46 bits per heavy atom. The fraction of sp³-hybridized carbons (Fsp3) is 0.200. The molecule has 3 aromatic rings. The van der Waals surface area contributed by atoms with Crippen LogP contribution in [-0.2, 0) is 10.0 Å². The number of para-hydroxylation sites is 1. The van der Waals surface area contributed by atoms with Gasteiger partial charge < -0.3 is 10.1 Å². The van der Waals surface area contributed by atoms with Crippen LogP contribution in [0.1, 0.15) is 6.92 Å². The van der Waals surface area contributed by atoms with Crippen molar-refractivity contribution in [3.05, 3.63) is 60.9 Å². The Morgan fingerprint density at radius 2 is 1.79 bits per heavy atom. The van der Waals surface area contributed by atoms with Gasteiger partial charge in [0.1, 0.15) is 17.9 Å². The number of anilines is 3. The van der Waals surface area contributed by atoms with Gasteiger partial charge >= 0.3 is 0 Å². The SMILES string of the molecule is CCOc1ccccc1-c1cc(Nc2ccc(N(C)S(C)(=O)=O)cc2)ncn1. The van der Waals surface area contributed by atoms with E-state index in [9.17, 15) is 8.42 Å². The molecule has 3 rings (SSSR count). The largest absolute Gasteiger partial charge is 0.493 e. The van der Waals surface area contributed by atoms with Gasteiger partial charge in [-0.15, -0.1) is 0 Å². The van der Waals surface area contributed by atoms with Crippen molar-refractivity contribution in [1.29, 1.82) is 0 Å². The van der Waals surface area contributed by atoms with Crippen LogP contribution in [0, 0.1) is 0 Å². The summed E-state index contributed by atoms with van der Waals surface area (Å²) in [7, 11) is -1.77. The number of hydrogen-bond donors (Lipinski definition) is 1. The van der Waals surface area contributed by atoms with Crippen LogP contribution in [0.15, 0.2) is 60.9 Å². The molecule has 1 aromatic heterocycles. The van der Waals surface area contributed by atoms with Crippen LogP contribution in [0.4, 0.5) is 17.2 Å². The molecule has 2 aromatic carbocycles. The summed E-state index contributed by atoms with van der Waals surface area (Å²) < 4.78 is 30.2. The first kappa shape index (κ1) is 19.6. The van der Waals surface area contributed by atoms with Crippen molar-refractivity contribution in [3.8, 4) is 17.0 Å². The lowest BCUT2D eigenvalue weighted by atomic mass is 10.1. The van der Waals surface area contributed by atoms with E-state index in [0.717, 1.165) is 22.7 Å². The molecule has 0 aliphatic carbocycles. The Bertz CT molecular complexity index is 1050. The third kappa shape index (κ3) is 4.58. The number of aromatic nitrogens is 2. The number of nitrogens with zero attached hydrogens (tertiary/aromatic N) is 3. The number of ether oxygens (including phenoxy) is 1. The van der Waals surface area contributed by atoms with Crippen molar-refractivity contribution in [2.24, 2.45) is 0 Å². The highest BCUT2D eigenvalue weighted by atomic mass is 32.2. The van der Waals surface area contributed by atoms with Crippen LogP contribution < -0.4 is 14.4 Å². The summed E-state index contributed by atoms with van der Waals surface area (Å²) in [6.07, 6.45) is 2.66. The molecule has 0 fully saturated rings. The summed E-state index contributed by atoms with van der Waals surface area (Å²) in [5, 5.41) is 3.21. The average Bonchev–Trinajstić information content (AvgIpc) is 2.68. The normalized spacial score (nSPS) is 11.1. The highest BCUT2D eigenvalue weighted by molar-refractivity contribution is 7.92. The lowest BCUT2D eigenvalue weighted by Gasteiger charge is -2.17. The predicted octanol–water partition coefficient (Wildman–Crippen LogP) is 3.68. The van der Waals surface area contributed by atoms with Gasteiger partial charge in [0.25, 0.3) is 0 Å². The molecule has 0 amide bonds. The van der Waals surface area contributed by atoms with Crippen molar-refractivity contribution in [3.63, 3.8) is 0 Å². The zero-order valence-corrected chi connectivity index (χ0v) is 16.8. The third-order valence-electron chi connectivity index (χ3n) is 4.13. The Balaban J connectivity index is 1.82. The minimum absolute atomic E-state index is 0.571. The lowest BCUT2D eigenvalue weighted by molar-refractivity contribution is 0.341. The molecule has 0 aliphatic heterocycles. The second-order valence-electron chi connectivity index (χ2n) is 6.12. The molecule has 0 spiro atoms. The van der Waals surface area contributed by atoms with Gasteiger partial charge in [0.15, 0.2) is 0 Å². The van der Waals surface area contributed by atoms with E-state index >= 15 is 0 Å². The van der Waals surface area contributed by atoms with Gasteiger partial charge in [-0.05, 0) is 43.3 Å². The van der Waals surface area contributed by atoms with E-state index in [1.807, 2.05) is 37.3 Å². The molecule has 1 N–H and O–H groups in total. The predicted molar refractivity (Wildman–Crippen MR) is 112 cm³/mol. The number of benzene rings is 2. The Kier molecular flexibility index (Phi) is 5.79. The van der Waals surface area contributed by atoms with E-state index in [1.54, 1.807) is 24.3 Å². The first-order chi connectivity index (χ1) is 13.4. The number of hydrogen-bond acceptors (Lipinski definition) is 6. The van der Waals surface area contributed by atoms with E-state index in [4.69, 9.17) is 4.74 Å². The fourth-order valence-corrected chi connectivity index (χ4v) is 3.13. The van der Waals surface area contributed by atoms with Crippen molar-refractivity contribution in [2.45, 2.75) is 6.92 Å². The van der Waals surface area contributed by atoms with Crippen LogP contribution in [-0.4, -0.2) is 38.3 Å². The van der Waals surface area contributed by atoms with Crippen molar-refractivity contribution < 1.29 is 13.2 Å². The topological polar surface area (TPSA) is 84.4 Å². The molecule has 0 aliphatic rings. The fourth-order valence-electron chi connectivity index (χ4n) is 2.63. The van der Waals surface area contributed by atoms with Crippen molar-refractivity contribution in [1.82, 2.24) is 9.97 Å². The van der Waals surface area contributed by atoms with E-state index in [1.165, 1.54) is 23.9 Å². The van der Waals surface area contributed by atoms with Crippen molar-refractivity contribution >= 4 is 27.2 Å². The monoisotopic (exact) mass is 398 g/mol. The molecule has 1 heterocycles. The molecule has 28 heavy (non-hydrogen) atoms. The second kappa shape index (κ2) is 8.26. The van der Waals surface area contributed by atoms with Gasteiger partial charge in [-0.25, -0.2) is 18.4 Å². The Hall–Kier alpha value is -3.13. The smallest absolute Gasteiger partial charge is 0.231 e. The van der Waals surface area contributed by atoms with E-state index in [0.29, 0.717) is 18.1 Å². The van der Waals surface area contributed by atoms with E-state index in [-0.39, 0.29) is 0 Å². The minimum atomic E-state index is -3.29. The highest BCUT2D eigenvalue weighted by Gasteiger charge is 2.12. The first-order valence-corrected chi connectivity index (χ1v) is 10.6. The van der Waals surface area contributed by atoms with Gasteiger partial charge in [-0.2, -0.15) is 0 Å². The molecule has 0 saturated carbocycles. The van der Waals surface area contributed by atoms with Gasteiger partial charge in [-0.3, -0.25) is 4.31 Å². The summed E-state index contributed by atoms with van der Waals surface area (Å²) >= 11 is 0. The molecular formula is C20H22N4O3S. The van der Waals surface area contributed by atoms with Crippen LogP contribution >= 0.6 is 0 Å². The minimum Gasteiger partial charge on any atom is -0.493 e. The molecule has 8 heteroatoms.